The summed E-state index contributed by atoms with van der Waals surface area (Å²) in [6.07, 6.45) is -0.874. The maximum atomic E-state index is 10.9. The van der Waals surface area contributed by atoms with Crippen LogP contribution in [0.3, 0.4) is 0 Å². The smallest absolute Gasteiger partial charge is 0.303 e. The lowest BCUT2D eigenvalue weighted by Gasteiger charge is -2.13. The molecule has 0 radical (unpaired) electrons. The van der Waals surface area contributed by atoms with Gasteiger partial charge in [-0.25, -0.2) is 0 Å². The van der Waals surface area contributed by atoms with Gasteiger partial charge in [-0.05, 0) is 6.92 Å². The zero-order chi connectivity index (χ0) is 10.4. The lowest BCUT2D eigenvalue weighted by Crippen LogP contribution is -2.37. The molecule has 13 heavy (non-hydrogen) atoms. The molecule has 1 unspecified atom stereocenters. The van der Waals surface area contributed by atoms with Gasteiger partial charge in [0.15, 0.2) is 11.9 Å². The standard InChI is InChI=1S/C8H13NO4/c1-5(10)8(13-7(3)12)4-9-6(2)11/h8H,4H2,1-3H3,(H,9,11). The van der Waals surface area contributed by atoms with Crippen molar-refractivity contribution in [2.45, 2.75) is 26.9 Å². The van der Waals surface area contributed by atoms with Gasteiger partial charge < -0.3 is 10.1 Å². The monoisotopic (exact) mass is 187 g/mol. The van der Waals surface area contributed by atoms with Crippen LogP contribution in [-0.4, -0.2) is 30.3 Å². The van der Waals surface area contributed by atoms with Crippen molar-refractivity contribution in [1.82, 2.24) is 5.32 Å². The van der Waals surface area contributed by atoms with E-state index < -0.39 is 12.1 Å². The molecule has 1 atom stereocenters. The van der Waals surface area contributed by atoms with Crippen LogP contribution in [0.15, 0.2) is 0 Å². The molecule has 5 nitrogen and oxygen atoms in total. The molecule has 0 fully saturated rings. The number of rotatable bonds is 4. The Bertz CT molecular complexity index is 224. The number of hydrogen-bond acceptors (Lipinski definition) is 4. The second-order valence-electron chi connectivity index (χ2n) is 2.65. The quantitative estimate of drug-likeness (QED) is 0.610. The van der Waals surface area contributed by atoms with E-state index in [-0.39, 0.29) is 18.2 Å². The van der Waals surface area contributed by atoms with Crippen LogP contribution in [0.1, 0.15) is 20.8 Å². The number of hydrogen-bond donors (Lipinski definition) is 1. The Labute approximate surface area is 76.4 Å². The fourth-order valence-corrected chi connectivity index (χ4v) is 0.705. The van der Waals surface area contributed by atoms with Gasteiger partial charge in [0.1, 0.15) is 0 Å². The molecular weight excluding hydrogens is 174 g/mol. The number of ether oxygens (including phenoxy) is 1. The lowest BCUT2D eigenvalue weighted by molar-refractivity contribution is -0.152. The predicted molar refractivity (Wildman–Crippen MR) is 44.9 cm³/mol. The fraction of sp³-hybridized carbons (Fsp3) is 0.625. The summed E-state index contributed by atoms with van der Waals surface area (Å²) in [7, 11) is 0. The summed E-state index contributed by atoms with van der Waals surface area (Å²) in [6, 6.07) is 0. The van der Waals surface area contributed by atoms with Crippen LogP contribution >= 0.6 is 0 Å². The van der Waals surface area contributed by atoms with E-state index in [1.807, 2.05) is 0 Å². The van der Waals surface area contributed by atoms with Gasteiger partial charge in [0, 0.05) is 13.8 Å². The number of Topliss-reactive ketones (excluding diaryl/α,β-unsaturated/α-hetero) is 1. The van der Waals surface area contributed by atoms with Crippen molar-refractivity contribution in [3.63, 3.8) is 0 Å². The molecular formula is C8H13NO4. The molecule has 0 aliphatic rings. The molecule has 0 heterocycles. The minimum atomic E-state index is -0.874. The van der Waals surface area contributed by atoms with Gasteiger partial charge in [0.2, 0.25) is 5.91 Å². The Morgan fingerprint density at radius 3 is 2.08 bits per heavy atom. The average molecular weight is 187 g/mol. The van der Waals surface area contributed by atoms with Crippen LogP contribution in [0.5, 0.6) is 0 Å². The first-order chi connectivity index (χ1) is 5.93. The maximum absolute atomic E-state index is 10.9. The zero-order valence-electron chi connectivity index (χ0n) is 7.92. The summed E-state index contributed by atoms with van der Waals surface area (Å²) < 4.78 is 4.66. The van der Waals surface area contributed by atoms with Crippen LogP contribution in [-0.2, 0) is 19.1 Å². The van der Waals surface area contributed by atoms with Crippen molar-refractivity contribution in [1.29, 1.82) is 0 Å². The van der Waals surface area contributed by atoms with E-state index in [4.69, 9.17) is 0 Å². The highest BCUT2D eigenvalue weighted by atomic mass is 16.5. The lowest BCUT2D eigenvalue weighted by atomic mass is 10.2. The largest absolute Gasteiger partial charge is 0.453 e. The Morgan fingerprint density at radius 2 is 1.77 bits per heavy atom. The molecule has 1 N–H and O–H groups in total. The van der Waals surface area contributed by atoms with Gasteiger partial charge in [-0.1, -0.05) is 0 Å². The van der Waals surface area contributed by atoms with Gasteiger partial charge in [0.05, 0.1) is 6.54 Å². The average Bonchev–Trinajstić information content (AvgIpc) is 1.96. The van der Waals surface area contributed by atoms with Gasteiger partial charge >= 0.3 is 5.97 Å². The second-order valence-corrected chi connectivity index (χ2v) is 2.65. The van der Waals surface area contributed by atoms with Crippen molar-refractivity contribution < 1.29 is 19.1 Å². The van der Waals surface area contributed by atoms with Crippen molar-refractivity contribution in [3.05, 3.63) is 0 Å². The minimum Gasteiger partial charge on any atom is -0.453 e. The predicted octanol–water partition coefficient (Wildman–Crippen LogP) is -0.357. The van der Waals surface area contributed by atoms with Gasteiger partial charge in [-0.3, -0.25) is 14.4 Å². The topological polar surface area (TPSA) is 72.5 Å². The van der Waals surface area contributed by atoms with E-state index in [0.717, 1.165) is 0 Å². The summed E-state index contributed by atoms with van der Waals surface area (Å²) in [6.45, 7) is 3.87. The van der Waals surface area contributed by atoms with E-state index in [2.05, 4.69) is 10.1 Å². The molecule has 0 saturated heterocycles. The van der Waals surface area contributed by atoms with Crippen molar-refractivity contribution in [3.8, 4) is 0 Å². The molecule has 0 aliphatic carbocycles. The van der Waals surface area contributed by atoms with E-state index in [1.54, 1.807) is 0 Å². The summed E-state index contributed by atoms with van der Waals surface area (Å²) in [5, 5.41) is 2.40. The van der Waals surface area contributed by atoms with E-state index >= 15 is 0 Å². The molecule has 1 amide bonds. The van der Waals surface area contributed by atoms with E-state index in [0.29, 0.717) is 0 Å². The van der Waals surface area contributed by atoms with E-state index in [1.165, 1.54) is 20.8 Å². The van der Waals surface area contributed by atoms with Crippen molar-refractivity contribution >= 4 is 17.7 Å². The van der Waals surface area contributed by atoms with Crippen LogP contribution < -0.4 is 5.32 Å². The van der Waals surface area contributed by atoms with Crippen molar-refractivity contribution in [2.75, 3.05) is 6.54 Å². The van der Waals surface area contributed by atoms with Crippen LogP contribution in [0, 0.1) is 0 Å². The number of amides is 1. The second kappa shape index (κ2) is 5.29. The molecule has 74 valence electrons. The third-order valence-electron chi connectivity index (χ3n) is 1.30. The molecule has 0 aliphatic heterocycles. The van der Waals surface area contributed by atoms with Gasteiger partial charge in [-0.15, -0.1) is 0 Å². The Morgan fingerprint density at radius 1 is 1.23 bits per heavy atom. The Kier molecular flexibility index (Phi) is 4.72. The highest BCUT2D eigenvalue weighted by Gasteiger charge is 2.17. The number of esters is 1. The van der Waals surface area contributed by atoms with Crippen molar-refractivity contribution in [2.24, 2.45) is 0 Å². The number of carbonyl (C=O) groups excluding carboxylic acids is 3. The first-order valence-electron chi connectivity index (χ1n) is 3.85. The first kappa shape index (κ1) is 11.6. The molecule has 0 bridgehead atoms. The normalized spacial score (nSPS) is 11.6. The van der Waals surface area contributed by atoms with Crippen LogP contribution in [0.2, 0.25) is 0 Å². The first-order valence-corrected chi connectivity index (χ1v) is 3.85. The number of ketones is 1. The highest BCUT2D eigenvalue weighted by Crippen LogP contribution is 1.93. The molecule has 5 heteroatoms. The number of carbonyl (C=O) groups is 3. The third-order valence-corrected chi connectivity index (χ3v) is 1.30. The highest BCUT2D eigenvalue weighted by molar-refractivity contribution is 5.84. The zero-order valence-corrected chi connectivity index (χ0v) is 7.92. The summed E-state index contributed by atoms with van der Waals surface area (Å²) in [4.78, 5) is 31.9. The Balaban J connectivity index is 4.02. The summed E-state index contributed by atoms with van der Waals surface area (Å²) in [5.74, 6) is -1.09. The summed E-state index contributed by atoms with van der Waals surface area (Å²) in [5.41, 5.74) is 0. The van der Waals surface area contributed by atoms with Crippen LogP contribution in [0.4, 0.5) is 0 Å². The molecule has 0 saturated carbocycles. The van der Waals surface area contributed by atoms with E-state index in [9.17, 15) is 14.4 Å². The molecule has 0 spiro atoms. The molecule has 0 rings (SSSR count). The Hall–Kier alpha value is -1.39. The third kappa shape index (κ3) is 5.84. The maximum Gasteiger partial charge on any atom is 0.303 e. The minimum absolute atomic E-state index is 0.0320. The SMILES string of the molecule is CC(=O)NCC(OC(C)=O)C(C)=O. The molecule has 0 aromatic carbocycles. The fourth-order valence-electron chi connectivity index (χ4n) is 0.705. The van der Waals surface area contributed by atoms with Crippen LogP contribution in [0.25, 0.3) is 0 Å². The van der Waals surface area contributed by atoms with Gasteiger partial charge in [0.25, 0.3) is 0 Å². The summed E-state index contributed by atoms with van der Waals surface area (Å²) >= 11 is 0. The van der Waals surface area contributed by atoms with Gasteiger partial charge in [-0.2, -0.15) is 0 Å². The molecule has 0 aromatic heterocycles. The molecule has 0 aromatic rings. The number of nitrogens with one attached hydrogen (secondary N) is 1.